The van der Waals surface area contributed by atoms with Gasteiger partial charge in [-0.25, -0.2) is 33.6 Å². The first kappa shape index (κ1) is 124. The number of carbonyl (C=O) groups is 15. The normalized spacial score (nSPS) is 14.7. The highest BCUT2D eigenvalue weighted by Crippen LogP contribution is 2.53. The molecule has 30 nitrogen and oxygen atoms in total. The van der Waals surface area contributed by atoms with Crippen molar-refractivity contribution in [3.05, 3.63) is 121 Å². The van der Waals surface area contributed by atoms with Gasteiger partial charge in [-0.3, -0.25) is 38.4 Å². The maximum atomic E-state index is 12.5. The summed E-state index contributed by atoms with van der Waals surface area (Å²) in [6, 6.07) is 16.7. The molecule has 0 aliphatic heterocycles. The summed E-state index contributed by atoms with van der Waals surface area (Å²) in [5, 5.41) is 0. The fourth-order valence-electron chi connectivity index (χ4n) is 9.31. The molecule has 4 rings (SSSR count). The van der Waals surface area contributed by atoms with E-state index >= 15 is 0 Å². The van der Waals surface area contributed by atoms with E-state index in [0.717, 1.165) is 33.1 Å². The van der Waals surface area contributed by atoms with Crippen LogP contribution in [0, 0.1) is 35.5 Å². The van der Waals surface area contributed by atoms with Crippen LogP contribution in [0.1, 0.15) is 135 Å². The van der Waals surface area contributed by atoms with Crippen molar-refractivity contribution in [2.24, 2.45) is 35.5 Å². The molecule has 0 N–H and O–H groups in total. The molecular formula is C82H102F18O30. The van der Waals surface area contributed by atoms with E-state index in [1.165, 1.54) is 21.0 Å². The average Bonchev–Trinajstić information content (AvgIpc) is 1.61. The molecule has 0 spiro atoms. The third-order valence-electron chi connectivity index (χ3n) is 15.0. The SMILES string of the molecule is C=C(C)C(=O)OC.C=C(C)C(=O)OC(CC(=O)OC(C)C(F)(F)F)C(=O)OC(C(F)(F)F)C(F)(F)F.C=C(C)C(=O)OC(CC(=O)OCC(F)(F)F)C(=O)OCC(F)(F)F.C=C(C)C(=O)OCCC(C(=O)OCC)C(=O)OCC.C=C(C)C(=O)OCCC(C(=O)Oc1ccccc1)C(=O)Oc1ccccc1.CC.CC(F)(F)F.CCOC(=O)C1C2CCC(C2)C1C(=O)OCC. The Kier molecular flexibility index (Phi) is 58.7. The second-order valence-electron chi connectivity index (χ2n) is 26.3. The van der Waals surface area contributed by atoms with Crippen LogP contribution in [-0.4, -0.2) is 211 Å². The minimum atomic E-state index is -6.12. The van der Waals surface area contributed by atoms with Crippen LogP contribution in [0.15, 0.2) is 121 Å². The van der Waals surface area contributed by atoms with E-state index < -0.39 is 177 Å². The van der Waals surface area contributed by atoms with Crippen LogP contribution < -0.4 is 9.47 Å². The molecule has 0 saturated heterocycles. The Labute approximate surface area is 734 Å². The van der Waals surface area contributed by atoms with E-state index in [1.54, 1.807) is 95.3 Å². The number of benzene rings is 2. The number of ether oxygens (including phenoxy) is 15. The van der Waals surface area contributed by atoms with Crippen LogP contribution in [0.2, 0.25) is 0 Å². The first-order valence-electron chi connectivity index (χ1n) is 38.2. The quantitative estimate of drug-likeness (QED) is 0.0154. The number of methoxy groups -OCH3 is 1. The molecule has 736 valence electrons. The number of hydrogen-bond acceptors (Lipinski definition) is 30. The van der Waals surface area contributed by atoms with Crippen molar-refractivity contribution >= 4 is 89.5 Å². The molecule has 7 atom stereocenters. The van der Waals surface area contributed by atoms with Gasteiger partial charge in [-0.2, -0.15) is 79.0 Å². The predicted molar refractivity (Wildman–Crippen MR) is 412 cm³/mol. The molecule has 2 aromatic rings. The second-order valence-corrected chi connectivity index (χ2v) is 26.3. The molecule has 0 amide bonds. The smallest absolute Gasteiger partial charge is 0.434 e. The lowest BCUT2D eigenvalue weighted by Gasteiger charge is -2.27. The number of para-hydroxylation sites is 2. The first-order chi connectivity index (χ1) is 59.7. The van der Waals surface area contributed by atoms with Gasteiger partial charge in [-0.1, -0.05) is 83.1 Å². The third kappa shape index (κ3) is 56.3. The number of halogens is 18. The number of alkyl halides is 18. The summed E-state index contributed by atoms with van der Waals surface area (Å²) in [7, 11) is 1.33. The summed E-state index contributed by atoms with van der Waals surface area (Å²) in [5.74, 6) is -17.0. The van der Waals surface area contributed by atoms with E-state index in [0.29, 0.717) is 49.0 Å². The standard InChI is InChI=1S/C21H20O6.C14H13F9O6.C13H20O6.C13H20O4.C12H12F6O6.C5H8O2.C2H3F3.C2H6/c1-15(2)19(22)25-14-13-18(20(23)26-16-9-5-3-6-10-16)21(24)27-17-11-7-4-8-12-17;1-5(2)9(25)28-7(4-8(24)27-6(3)12(15,16)17)10(26)29-11(13(18,19)20)14(21,22)23;1-5-17-12(15)10(13(16)18-6-2)7-8-19-11(14)9(3)4;1-3-16-12(14)10-8-5-6-9(7-8)11(10)13(15)17-4-2;1-6(2)9(20)24-7(10(21)23-5-12(16,17)18)3-8(19)22-4-11(13,14)15;1-4(2)5(6)7-3;1-2(3,4)5;1-2/h3-12,18H,1,13-14H2,2H3;6-7,11H,1,4H2,2-3H3;10H,3,5-8H2,1-2,4H3;8-11H,3-7H2,1-2H3;7H,1,3-5H2,2H3;1H2,2-3H3;1H3;1-2H3. The monoisotopic (exact) mass is 1910 g/mol. The fraction of sp³-hybridized carbons (Fsp3) is 0.549. The second kappa shape index (κ2) is 61.4. The van der Waals surface area contributed by atoms with Gasteiger partial charge in [0.25, 0.3) is 6.10 Å². The molecule has 48 heteroatoms. The van der Waals surface area contributed by atoms with Crippen molar-refractivity contribution in [2.75, 3.05) is 60.0 Å². The number of carbonyl (C=O) groups excluding carboxylic acids is 15. The number of esters is 15. The first-order valence-corrected chi connectivity index (χ1v) is 38.2. The van der Waals surface area contributed by atoms with Gasteiger partial charge in [0.1, 0.15) is 11.5 Å². The van der Waals surface area contributed by atoms with E-state index in [1.807, 2.05) is 13.8 Å². The Morgan fingerprint density at radius 3 is 0.992 bits per heavy atom. The summed E-state index contributed by atoms with van der Waals surface area (Å²) < 4.78 is 282. The molecule has 7 unspecified atom stereocenters. The molecule has 2 bridgehead atoms. The van der Waals surface area contributed by atoms with E-state index in [-0.39, 0.29) is 92.7 Å². The molecule has 2 saturated carbocycles. The van der Waals surface area contributed by atoms with Crippen LogP contribution in [0.4, 0.5) is 79.0 Å². The molecule has 130 heavy (non-hydrogen) atoms. The van der Waals surface area contributed by atoms with Gasteiger partial charge in [-0.15, -0.1) is 0 Å². The average molecular weight is 1910 g/mol. The van der Waals surface area contributed by atoms with Gasteiger partial charge >= 0.3 is 127 Å². The van der Waals surface area contributed by atoms with Gasteiger partial charge in [0.2, 0.25) is 12.2 Å². The Balaban J connectivity index is -0.000000741. The zero-order valence-electron chi connectivity index (χ0n) is 72.7. The van der Waals surface area contributed by atoms with Crippen LogP contribution in [0.3, 0.4) is 0 Å². The molecule has 0 aromatic heterocycles. The highest BCUT2D eigenvalue weighted by Gasteiger charge is 2.61. The van der Waals surface area contributed by atoms with Gasteiger partial charge < -0.3 is 71.1 Å². The Bertz CT molecular complexity index is 3900. The topological polar surface area (TPSA) is 394 Å². The number of fused-ring (bicyclic) bond motifs is 2. The Hall–Kier alpha value is -12.1. The zero-order chi connectivity index (χ0) is 102. The lowest BCUT2D eigenvalue weighted by molar-refractivity contribution is -0.315. The molecule has 0 heterocycles. The molecule has 2 fully saturated rings. The van der Waals surface area contributed by atoms with Crippen molar-refractivity contribution in [1.82, 2.24) is 0 Å². The van der Waals surface area contributed by atoms with Gasteiger partial charge in [0.15, 0.2) is 31.2 Å². The van der Waals surface area contributed by atoms with Crippen molar-refractivity contribution in [3.8, 4) is 11.5 Å². The maximum Gasteiger partial charge on any atom is 0.434 e. The molecular weight excluding hydrogens is 1810 g/mol. The highest BCUT2D eigenvalue weighted by molar-refractivity contribution is 5.97. The van der Waals surface area contributed by atoms with Gasteiger partial charge in [0.05, 0.1) is 71.4 Å². The Morgan fingerprint density at radius 2 is 0.700 bits per heavy atom. The summed E-state index contributed by atoms with van der Waals surface area (Å²) in [6.07, 6.45) is -43.3. The molecule has 2 aliphatic rings. The third-order valence-corrected chi connectivity index (χ3v) is 15.0. The van der Waals surface area contributed by atoms with Crippen molar-refractivity contribution < 1.29 is 222 Å². The van der Waals surface area contributed by atoms with Gasteiger partial charge in [-0.05, 0) is 125 Å². The maximum absolute atomic E-state index is 12.5. The van der Waals surface area contributed by atoms with Crippen LogP contribution in [0.5, 0.6) is 11.5 Å². The fourth-order valence-corrected chi connectivity index (χ4v) is 9.31. The summed E-state index contributed by atoms with van der Waals surface area (Å²) in [6.45, 7) is 31.4. The van der Waals surface area contributed by atoms with Crippen LogP contribution in [-0.2, 0) is 133 Å². The lowest BCUT2D eigenvalue weighted by Crippen LogP contribution is -2.48. The summed E-state index contributed by atoms with van der Waals surface area (Å²) in [4.78, 5) is 173. The number of hydrogen-bond donors (Lipinski definition) is 0. The molecule has 0 radical (unpaired) electrons. The highest BCUT2D eigenvalue weighted by atomic mass is 19.4. The minimum absolute atomic E-state index is 0.0245. The summed E-state index contributed by atoms with van der Waals surface area (Å²) in [5.41, 5.74) is 0.145. The van der Waals surface area contributed by atoms with Crippen LogP contribution >= 0.6 is 0 Å². The largest absolute Gasteiger partial charge is 0.466 e. The van der Waals surface area contributed by atoms with Crippen LogP contribution in [0.25, 0.3) is 0 Å². The lowest BCUT2D eigenvalue weighted by atomic mass is 9.79. The van der Waals surface area contributed by atoms with Crippen molar-refractivity contribution in [3.63, 3.8) is 0 Å². The van der Waals surface area contributed by atoms with E-state index in [9.17, 15) is 151 Å². The van der Waals surface area contributed by atoms with Crippen molar-refractivity contribution in [1.29, 1.82) is 0 Å². The van der Waals surface area contributed by atoms with Gasteiger partial charge in [0, 0.05) is 47.6 Å². The predicted octanol–water partition coefficient (Wildman–Crippen LogP) is 15.1. The molecule has 2 aromatic carbocycles. The number of rotatable bonds is 35. The van der Waals surface area contributed by atoms with E-state index in [2.05, 4.69) is 66.1 Å². The molecule has 2 aliphatic carbocycles. The minimum Gasteiger partial charge on any atom is -0.466 e. The summed E-state index contributed by atoms with van der Waals surface area (Å²) >= 11 is 0. The van der Waals surface area contributed by atoms with Crippen molar-refractivity contribution in [2.45, 2.75) is 196 Å². The Morgan fingerprint density at radius 1 is 0.385 bits per heavy atom. The van der Waals surface area contributed by atoms with E-state index in [4.69, 9.17) is 37.9 Å². The zero-order valence-corrected chi connectivity index (χ0v) is 72.7.